The van der Waals surface area contributed by atoms with Gasteiger partial charge in [-0.2, -0.15) is 0 Å². The van der Waals surface area contributed by atoms with Crippen LogP contribution in [0.1, 0.15) is 0 Å². The number of rotatable bonds is 6. The zero-order chi connectivity index (χ0) is 21.8. The second-order valence-corrected chi connectivity index (χ2v) is 6.85. The molecule has 0 fully saturated rings. The molecule has 0 radical (unpaired) electrons. The molecule has 0 amide bonds. The predicted octanol–water partition coefficient (Wildman–Crippen LogP) is 5.09. The summed E-state index contributed by atoms with van der Waals surface area (Å²) in [5, 5.41) is 0. The number of hydrogen-bond acceptors (Lipinski definition) is 6. The van der Waals surface area contributed by atoms with Gasteiger partial charge in [0, 0.05) is 17.7 Å². The van der Waals surface area contributed by atoms with Gasteiger partial charge in [-0.3, -0.25) is 0 Å². The minimum Gasteiger partial charge on any atom is -0.496 e. The van der Waals surface area contributed by atoms with Crippen molar-refractivity contribution in [1.82, 2.24) is 9.97 Å². The van der Waals surface area contributed by atoms with Crippen LogP contribution in [0.15, 0.2) is 72.8 Å². The van der Waals surface area contributed by atoms with Crippen molar-refractivity contribution in [1.29, 1.82) is 0 Å². The van der Waals surface area contributed by atoms with Gasteiger partial charge in [-0.15, -0.1) is 0 Å². The Morgan fingerprint density at radius 2 is 1.16 bits per heavy atom. The molecule has 156 valence electrons. The number of anilines is 1. The quantitative estimate of drug-likeness (QED) is 0.475. The van der Waals surface area contributed by atoms with Crippen LogP contribution < -0.4 is 19.9 Å². The summed E-state index contributed by atoms with van der Waals surface area (Å²) in [5.74, 6) is 1.93. The average molecular weight is 413 g/mol. The maximum Gasteiger partial charge on any atom is 0.221 e. The van der Waals surface area contributed by atoms with Crippen LogP contribution in [0.3, 0.4) is 0 Å². The van der Waals surface area contributed by atoms with Crippen molar-refractivity contribution in [2.45, 2.75) is 0 Å². The fourth-order valence-corrected chi connectivity index (χ4v) is 3.46. The number of nitrogens with zero attached hydrogens (tertiary/aromatic N) is 2. The van der Waals surface area contributed by atoms with Crippen molar-refractivity contribution >= 4 is 5.95 Å². The van der Waals surface area contributed by atoms with E-state index in [4.69, 9.17) is 19.9 Å². The van der Waals surface area contributed by atoms with Crippen molar-refractivity contribution in [2.75, 3.05) is 27.1 Å². The SMILES string of the molecule is COc1cc(OC)c(-c2cc(-c3ccc(-c4ccccc4)cc3)nc(N)n2)c(OC)c1. The second-order valence-electron chi connectivity index (χ2n) is 6.85. The van der Waals surface area contributed by atoms with E-state index in [1.165, 1.54) is 0 Å². The topological polar surface area (TPSA) is 79.5 Å². The van der Waals surface area contributed by atoms with Gasteiger partial charge < -0.3 is 19.9 Å². The number of methoxy groups -OCH3 is 3. The molecule has 0 saturated heterocycles. The highest BCUT2D eigenvalue weighted by Gasteiger charge is 2.18. The molecule has 4 aromatic rings. The zero-order valence-electron chi connectivity index (χ0n) is 17.6. The number of aromatic nitrogens is 2. The Bertz CT molecular complexity index is 1170. The maximum absolute atomic E-state index is 6.07. The summed E-state index contributed by atoms with van der Waals surface area (Å²) < 4.78 is 16.5. The van der Waals surface area contributed by atoms with Crippen LogP contribution in [0.5, 0.6) is 17.2 Å². The van der Waals surface area contributed by atoms with Gasteiger partial charge in [-0.05, 0) is 17.2 Å². The summed E-state index contributed by atoms with van der Waals surface area (Å²) in [6.07, 6.45) is 0. The van der Waals surface area contributed by atoms with E-state index in [9.17, 15) is 0 Å². The molecule has 2 N–H and O–H groups in total. The predicted molar refractivity (Wildman–Crippen MR) is 122 cm³/mol. The lowest BCUT2D eigenvalue weighted by Gasteiger charge is -2.15. The minimum atomic E-state index is 0.166. The Morgan fingerprint density at radius 1 is 0.613 bits per heavy atom. The molecule has 1 heterocycles. The van der Waals surface area contributed by atoms with Crippen LogP contribution in [0.4, 0.5) is 5.95 Å². The summed E-state index contributed by atoms with van der Waals surface area (Å²) in [7, 11) is 4.77. The van der Waals surface area contributed by atoms with Gasteiger partial charge in [0.15, 0.2) is 0 Å². The van der Waals surface area contributed by atoms with E-state index in [1.54, 1.807) is 33.5 Å². The molecule has 6 heteroatoms. The van der Waals surface area contributed by atoms with Crippen molar-refractivity contribution in [3.05, 3.63) is 72.8 Å². The Kier molecular flexibility index (Phi) is 5.71. The van der Waals surface area contributed by atoms with Gasteiger partial charge in [0.05, 0.1) is 38.3 Å². The number of hydrogen-bond donors (Lipinski definition) is 1. The third-order valence-corrected chi connectivity index (χ3v) is 5.00. The zero-order valence-corrected chi connectivity index (χ0v) is 17.6. The first-order valence-corrected chi connectivity index (χ1v) is 9.73. The van der Waals surface area contributed by atoms with Crippen LogP contribution in [-0.4, -0.2) is 31.3 Å². The van der Waals surface area contributed by atoms with Gasteiger partial charge in [-0.1, -0.05) is 54.6 Å². The average Bonchev–Trinajstić information content (AvgIpc) is 2.83. The van der Waals surface area contributed by atoms with Crippen LogP contribution >= 0.6 is 0 Å². The van der Waals surface area contributed by atoms with Gasteiger partial charge in [0.1, 0.15) is 17.2 Å². The van der Waals surface area contributed by atoms with E-state index in [1.807, 2.05) is 36.4 Å². The first kappa shape index (κ1) is 20.2. The lowest BCUT2D eigenvalue weighted by molar-refractivity contribution is 0.377. The second kappa shape index (κ2) is 8.75. The number of nitrogens with two attached hydrogens (primary N) is 1. The van der Waals surface area contributed by atoms with E-state index >= 15 is 0 Å². The first-order chi connectivity index (χ1) is 15.1. The fraction of sp³-hybridized carbons (Fsp3) is 0.120. The maximum atomic E-state index is 6.07. The number of nitrogen functional groups attached to an aromatic ring is 1. The third kappa shape index (κ3) is 4.14. The first-order valence-electron chi connectivity index (χ1n) is 9.73. The number of benzene rings is 3. The van der Waals surface area contributed by atoms with Crippen LogP contribution in [0, 0.1) is 0 Å². The molecular weight excluding hydrogens is 390 g/mol. The molecule has 0 atom stereocenters. The summed E-state index contributed by atoms with van der Waals surface area (Å²) in [5.41, 5.74) is 11.3. The van der Waals surface area contributed by atoms with Gasteiger partial charge in [0.25, 0.3) is 0 Å². The molecule has 1 aromatic heterocycles. The Balaban J connectivity index is 1.78. The summed E-state index contributed by atoms with van der Waals surface area (Å²) in [6.45, 7) is 0. The lowest BCUT2D eigenvalue weighted by atomic mass is 10.0. The van der Waals surface area contributed by atoms with Crippen molar-refractivity contribution in [2.24, 2.45) is 0 Å². The molecule has 0 aliphatic carbocycles. The third-order valence-electron chi connectivity index (χ3n) is 5.00. The Morgan fingerprint density at radius 3 is 1.74 bits per heavy atom. The van der Waals surface area contributed by atoms with E-state index in [2.05, 4.69) is 34.2 Å². The molecule has 0 bridgehead atoms. The summed E-state index contributed by atoms with van der Waals surface area (Å²) >= 11 is 0. The van der Waals surface area contributed by atoms with E-state index in [0.717, 1.165) is 16.7 Å². The summed E-state index contributed by atoms with van der Waals surface area (Å²) in [4.78, 5) is 8.87. The van der Waals surface area contributed by atoms with Crippen molar-refractivity contribution < 1.29 is 14.2 Å². The van der Waals surface area contributed by atoms with Crippen molar-refractivity contribution in [3.8, 4) is 50.9 Å². The molecular formula is C25H23N3O3. The van der Waals surface area contributed by atoms with Gasteiger partial charge in [-0.25, -0.2) is 9.97 Å². The highest BCUT2D eigenvalue weighted by atomic mass is 16.5. The smallest absolute Gasteiger partial charge is 0.221 e. The van der Waals surface area contributed by atoms with Gasteiger partial charge >= 0.3 is 0 Å². The van der Waals surface area contributed by atoms with Crippen LogP contribution in [0.25, 0.3) is 33.6 Å². The normalized spacial score (nSPS) is 10.5. The summed E-state index contributed by atoms with van der Waals surface area (Å²) in [6, 6.07) is 23.8. The van der Waals surface area contributed by atoms with Crippen LogP contribution in [0.2, 0.25) is 0 Å². The molecule has 0 unspecified atom stereocenters. The highest BCUT2D eigenvalue weighted by Crippen LogP contribution is 2.42. The minimum absolute atomic E-state index is 0.166. The monoisotopic (exact) mass is 413 g/mol. The molecule has 0 aliphatic heterocycles. The Hall–Kier alpha value is -4.06. The molecule has 0 spiro atoms. The van der Waals surface area contributed by atoms with E-state index in [0.29, 0.717) is 34.2 Å². The molecule has 6 nitrogen and oxygen atoms in total. The molecule has 4 rings (SSSR count). The highest BCUT2D eigenvalue weighted by molar-refractivity contribution is 5.79. The molecule has 0 aliphatic rings. The fourth-order valence-electron chi connectivity index (χ4n) is 3.46. The van der Waals surface area contributed by atoms with E-state index in [-0.39, 0.29) is 5.95 Å². The lowest BCUT2D eigenvalue weighted by Crippen LogP contribution is -2.01. The molecule has 31 heavy (non-hydrogen) atoms. The molecule has 0 saturated carbocycles. The molecule has 3 aromatic carbocycles. The standard InChI is InChI=1S/C25H23N3O3/c1-29-19-13-22(30-2)24(23(14-19)31-3)21-15-20(27-25(26)28-21)18-11-9-17(10-12-18)16-7-5-4-6-8-16/h4-15H,1-3H3,(H2,26,27,28). The number of ether oxygens (including phenoxy) is 3. The Labute approximate surface area is 181 Å². The van der Waals surface area contributed by atoms with Crippen LogP contribution in [-0.2, 0) is 0 Å². The van der Waals surface area contributed by atoms with Crippen molar-refractivity contribution in [3.63, 3.8) is 0 Å². The van der Waals surface area contributed by atoms with Gasteiger partial charge in [0.2, 0.25) is 5.95 Å². The van der Waals surface area contributed by atoms with E-state index < -0.39 is 0 Å². The largest absolute Gasteiger partial charge is 0.496 e.